The van der Waals surface area contributed by atoms with Crippen molar-refractivity contribution in [3.63, 3.8) is 0 Å². The maximum atomic E-state index is 12.1. The zero-order chi connectivity index (χ0) is 14.4. The molecule has 0 bridgehead atoms. The Morgan fingerprint density at radius 1 is 1.33 bits per heavy atom. The lowest BCUT2D eigenvalue weighted by atomic mass is 9.95. The third kappa shape index (κ3) is 1.79. The fraction of sp³-hybridized carbons (Fsp3) is 0.308. The van der Waals surface area contributed by atoms with Gasteiger partial charge in [0.1, 0.15) is 5.52 Å². The topological polar surface area (TPSA) is 89.9 Å². The van der Waals surface area contributed by atoms with Crippen LogP contribution < -0.4 is 0 Å². The number of hydrogen-bond acceptors (Lipinski definition) is 6. The van der Waals surface area contributed by atoms with Crippen molar-refractivity contribution < 1.29 is 9.21 Å². The van der Waals surface area contributed by atoms with E-state index in [4.69, 9.17) is 4.42 Å². The molecule has 0 saturated carbocycles. The van der Waals surface area contributed by atoms with E-state index in [0.717, 1.165) is 16.9 Å². The largest absolute Gasteiger partial charge is 0.438 e. The first-order chi connectivity index (χ1) is 10.2. The van der Waals surface area contributed by atoms with Gasteiger partial charge in [0.05, 0.1) is 11.9 Å². The molecule has 21 heavy (non-hydrogen) atoms. The molecular formula is C13H12N6O2. The van der Waals surface area contributed by atoms with E-state index in [-0.39, 0.29) is 17.6 Å². The number of nitrogens with zero attached hydrogens (tertiary/aromatic N) is 6. The monoisotopic (exact) mass is 284 g/mol. The van der Waals surface area contributed by atoms with E-state index in [2.05, 4.69) is 20.1 Å². The van der Waals surface area contributed by atoms with E-state index in [1.54, 1.807) is 22.0 Å². The van der Waals surface area contributed by atoms with E-state index < -0.39 is 0 Å². The van der Waals surface area contributed by atoms with Crippen LogP contribution in [-0.4, -0.2) is 48.6 Å². The molecule has 4 heterocycles. The van der Waals surface area contributed by atoms with Crippen LogP contribution in [-0.2, 0) is 7.05 Å². The number of hydrogen-bond donors (Lipinski definition) is 0. The van der Waals surface area contributed by atoms with Gasteiger partial charge in [-0.2, -0.15) is 5.10 Å². The maximum absolute atomic E-state index is 12.1. The molecule has 0 atom stereocenters. The van der Waals surface area contributed by atoms with Gasteiger partial charge in [0.2, 0.25) is 5.76 Å². The summed E-state index contributed by atoms with van der Waals surface area (Å²) < 4.78 is 6.74. The van der Waals surface area contributed by atoms with Crippen molar-refractivity contribution in [1.29, 1.82) is 0 Å². The van der Waals surface area contributed by atoms with Gasteiger partial charge in [-0.25, -0.2) is 19.6 Å². The Hall–Kier alpha value is -2.77. The van der Waals surface area contributed by atoms with Crippen molar-refractivity contribution in [2.75, 3.05) is 13.1 Å². The van der Waals surface area contributed by atoms with Crippen LogP contribution in [0.5, 0.6) is 0 Å². The zero-order valence-electron chi connectivity index (χ0n) is 11.3. The summed E-state index contributed by atoms with van der Waals surface area (Å²) in [5, 5.41) is 4.49. The first-order valence-electron chi connectivity index (χ1n) is 6.55. The number of aryl methyl sites for hydroxylation is 1. The molecule has 106 valence electrons. The lowest BCUT2D eigenvalue weighted by Gasteiger charge is -2.37. The molecule has 1 aliphatic rings. The summed E-state index contributed by atoms with van der Waals surface area (Å²) >= 11 is 0. The molecule has 0 radical (unpaired) electrons. The Balaban J connectivity index is 1.56. The number of fused-ring (bicyclic) bond motifs is 1. The smallest absolute Gasteiger partial charge is 0.291 e. The molecule has 0 N–H and O–H groups in total. The van der Waals surface area contributed by atoms with Gasteiger partial charge in [-0.1, -0.05) is 0 Å². The summed E-state index contributed by atoms with van der Waals surface area (Å²) in [5.74, 6) is 0.298. The lowest BCUT2D eigenvalue weighted by molar-refractivity contribution is 0.0566. The van der Waals surface area contributed by atoms with Gasteiger partial charge in [0.15, 0.2) is 12.0 Å². The van der Waals surface area contributed by atoms with Gasteiger partial charge in [0.25, 0.3) is 5.91 Å². The Labute approximate surface area is 119 Å². The van der Waals surface area contributed by atoms with Crippen LogP contribution in [0.25, 0.3) is 11.2 Å². The first kappa shape index (κ1) is 12.0. The summed E-state index contributed by atoms with van der Waals surface area (Å²) in [5.41, 5.74) is 2.45. The maximum Gasteiger partial charge on any atom is 0.291 e. The van der Waals surface area contributed by atoms with Crippen LogP contribution in [0.3, 0.4) is 0 Å². The van der Waals surface area contributed by atoms with E-state index >= 15 is 0 Å². The van der Waals surface area contributed by atoms with Gasteiger partial charge in [0, 0.05) is 38.4 Å². The molecule has 3 aromatic rings. The van der Waals surface area contributed by atoms with Crippen LogP contribution >= 0.6 is 0 Å². The van der Waals surface area contributed by atoms with Gasteiger partial charge in [-0.05, 0) is 0 Å². The lowest BCUT2D eigenvalue weighted by Crippen LogP contribution is -2.48. The number of oxazole rings is 1. The normalized spacial score (nSPS) is 15.4. The minimum Gasteiger partial charge on any atom is -0.438 e. The van der Waals surface area contributed by atoms with Crippen LogP contribution in [0.15, 0.2) is 29.4 Å². The predicted octanol–water partition coefficient (Wildman–Crippen LogP) is 0.591. The number of rotatable bonds is 2. The van der Waals surface area contributed by atoms with Crippen molar-refractivity contribution in [3.05, 3.63) is 36.4 Å². The number of carbonyl (C=O) groups is 1. The second-order valence-corrected chi connectivity index (χ2v) is 5.01. The highest BCUT2D eigenvalue weighted by atomic mass is 16.3. The number of likely N-dealkylation sites (tertiary alicyclic amines) is 1. The molecule has 0 aliphatic carbocycles. The molecule has 0 spiro atoms. The van der Waals surface area contributed by atoms with Crippen LogP contribution in [0.1, 0.15) is 22.2 Å². The summed E-state index contributed by atoms with van der Waals surface area (Å²) in [7, 11) is 1.84. The Morgan fingerprint density at radius 3 is 2.90 bits per heavy atom. The second kappa shape index (κ2) is 4.37. The SMILES string of the molecule is Cn1nc(C2CN(C(=O)c3cnco3)C2)c2nccnc21. The molecule has 4 rings (SSSR count). The summed E-state index contributed by atoms with van der Waals surface area (Å²) in [6.45, 7) is 1.20. The first-order valence-corrected chi connectivity index (χ1v) is 6.55. The molecule has 1 aliphatic heterocycles. The Morgan fingerprint density at radius 2 is 2.14 bits per heavy atom. The number of amides is 1. The molecular weight excluding hydrogens is 272 g/mol. The van der Waals surface area contributed by atoms with E-state index in [1.165, 1.54) is 12.6 Å². The van der Waals surface area contributed by atoms with Crippen molar-refractivity contribution >= 4 is 17.1 Å². The van der Waals surface area contributed by atoms with Gasteiger partial charge in [-0.3, -0.25) is 4.79 Å². The van der Waals surface area contributed by atoms with Crippen LogP contribution in [0, 0.1) is 0 Å². The zero-order valence-corrected chi connectivity index (χ0v) is 11.3. The van der Waals surface area contributed by atoms with Crippen LogP contribution in [0.2, 0.25) is 0 Å². The standard InChI is InChI=1S/C13H12N6O2/c1-18-12-11(15-2-3-16-12)10(17-18)8-5-19(6-8)13(20)9-4-14-7-21-9/h2-4,7-8H,5-6H2,1H3. The molecule has 1 fully saturated rings. The second-order valence-electron chi connectivity index (χ2n) is 5.01. The summed E-state index contributed by atoms with van der Waals surface area (Å²) in [6.07, 6.45) is 5.99. The minimum atomic E-state index is -0.143. The Kier molecular flexibility index (Phi) is 2.50. The fourth-order valence-electron chi connectivity index (χ4n) is 2.57. The molecule has 1 amide bonds. The molecule has 1 saturated heterocycles. The summed E-state index contributed by atoms with van der Waals surface area (Å²) in [6, 6.07) is 0. The number of aromatic nitrogens is 5. The van der Waals surface area contributed by atoms with E-state index in [9.17, 15) is 4.79 Å². The van der Waals surface area contributed by atoms with E-state index in [1.807, 2.05) is 7.05 Å². The van der Waals surface area contributed by atoms with Gasteiger partial charge >= 0.3 is 0 Å². The van der Waals surface area contributed by atoms with Gasteiger partial charge in [-0.15, -0.1) is 0 Å². The average molecular weight is 284 g/mol. The van der Waals surface area contributed by atoms with Crippen molar-refractivity contribution in [3.8, 4) is 0 Å². The highest BCUT2D eigenvalue weighted by Crippen LogP contribution is 2.30. The molecule has 0 unspecified atom stereocenters. The molecule has 3 aromatic heterocycles. The van der Waals surface area contributed by atoms with Crippen LogP contribution in [0.4, 0.5) is 0 Å². The highest BCUT2D eigenvalue weighted by molar-refractivity contribution is 5.92. The molecule has 8 nitrogen and oxygen atoms in total. The van der Waals surface area contributed by atoms with Crippen molar-refractivity contribution in [1.82, 2.24) is 29.6 Å². The third-order valence-corrected chi connectivity index (χ3v) is 3.68. The quantitative estimate of drug-likeness (QED) is 0.684. The predicted molar refractivity (Wildman–Crippen MR) is 71.5 cm³/mol. The van der Waals surface area contributed by atoms with Crippen molar-refractivity contribution in [2.45, 2.75) is 5.92 Å². The Bertz CT molecular complexity index is 803. The fourth-order valence-corrected chi connectivity index (χ4v) is 2.57. The third-order valence-electron chi connectivity index (χ3n) is 3.68. The summed E-state index contributed by atoms with van der Waals surface area (Å²) in [4.78, 5) is 26.2. The average Bonchev–Trinajstić information content (AvgIpc) is 3.07. The van der Waals surface area contributed by atoms with E-state index in [0.29, 0.717) is 13.1 Å². The van der Waals surface area contributed by atoms with Gasteiger partial charge < -0.3 is 9.32 Å². The minimum absolute atomic E-state index is 0.143. The highest BCUT2D eigenvalue weighted by Gasteiger charge is 2.36. The van der Waals surface area contributed by atoms with Crippen molar-refractivity contribution in [2.24, 2.45) is 7.05 Å². The number of carbonyl (C=O) groups excluding carboxylic acids is 1. The molecule has 0 aromatic carbocycles. The molecule has 8 heteroatoms.